The molecular weight excluding hydrogens is 512 g/mol. The molecule has 8 heteroatoms. The molecule has 3 aromatic rings. The summed E-state index contributed by atoms with van der Waals surface area (Å²) >= 11 is 1.45. The lowest BCUT2D eigenvalue weighted by Crippen LogP contribution is -2.21. The molecule has 0 aliphatic heterocycles. The molecule has 1 aliphatic carbocycles. The second-order valence-corrected chi connectivity index (χ2v) is 11.0. The number of esters is 1. The zero-order valence-corrected chi connectivity index (χ0v) is 23.6. The van der Waals surface area contributed by atoms with Crippen molar-refractivity contribution < 1.29 is 23.9 Å². The number of anilines is 2. The topological polar surface area (TPSA) is 93.7 Å². The Morgan fingerprint density at radius 2 is 1.74 bits per heavy atom. The van der Waals surface area contributed by atoms with Gasteiger partial charge in [0.2, 0.25) is 0 Å². The zero-order chi connectivity index (χ0) is 27.8. The van der Waals surface area contributed by atoms with Crippen LogP contribution in [0.5, 0.6) is 5.75 Å². The van der Waals surface area contributed by atoms with Gasteiger partial charge in [0, 0.05) is 16.1 Å². The molecule has 2 amide bonds. The van der Waals surface area contributed by atoms with Crippen molar-refractivity contribution in [1.29, 1.82) is 0 Å². The number of hydrogen-bond acceptors (Lipinski definition) is 6. The fourth-order valence-corrected chi connectivity index (χ4v) is 6.03. The summed E-state index contributed by atoms with van der Waals surface area (Å²) in [6.45, 7) is 6.18. The molecule has 0 bridgehead atoms. The van der Waals surface area contributed by atoms with Gasteiger partial charge in [0.25, 0.3) is 11.8 Å². The number of thiophene rings is 1. The lowest BCUT2D eigenvalue weighted by molar-refractivity contribution is -0.118. The van der Waals surface area contributed by atoms with Gasteiger partial charge in [-0.05, 0) is 92.5 Å². The van der Waals surface area contributed by atoms with Crippen LogP contribution in [-0.4, -0.2) is 31.0 Å². The van der Waals surface area contributed by atoms with Crippen LogP contribution in [0.25, 0.3) is 0 Å². The molecule has 0 saturated carbocycles. The van der Waals surface area contributed by atoms with Crippen molar-refractivity contribution in [2.45, 2.75) is 59.3 Å². The third kappa shape index (κ3) is 7.47. The molecule has 39 heavy (non-hydrogen) atoms. The van der Waals surface area contributed by atoms with Gasteiger partial charge in [-0.3, -0.25) is 9.59 Å². The predicted molar refractivity (Wildman–Crippen MR) is 155 cm³/mol. The lowest BCUT2D eigenvalue weighted by atomic mass is 9.88. The molecule has 2 aromatic carbocycles. The van der Waals surface area contributed by atoms with E-state index in [4.69, 9.17) is 9.47 Å². The van der Waals surface area contributed by atoms with E-state index in [1.54, 1.807) is 31.2 Å². The molecule has 1 aromatic heterocycles. The number of carbonyl (C=O) groups excluding carboxylic acids is 3. The van der Waals surface area contributed by atoms with Gasteiger partial charge in [-0.2, -0.15) is 0 Å². The van der Waals surface area contributed by atoms with Gasteiger partial charge < -0.3 is 20.1 Å². The predicted octanol–water partition coefficient (Wildman–Crippen LogP) is 6.66. The summed E-state index contributed by atoms with van der Waals surface area (Å²) < 4.78 is 10.9. The van der Waals surface area contributed by atoms with E-state index < -0.39 is 5.97 Å². The Morgan fingerprint density at radius 3 is 2.44 bits per heavy atom. The number of amides is 2. The van der Waals surface area contributed by atoms with Crippen molar-refractivity contribution >= 4 is 39.8 Å². The maximum Gasteiger partial charge on any atom is 0.341 e. The van der Waals surface area contributed by atoms with E-state index in [0.29, 0.717) is 27.8 Å². The molecular formula is C31H36N2O5S. The Labute approximate surface area is 233 Å². The van der Waals surface area contributed by atoms with Crippen molar-refractivity contribution in [3.63, 3.8) is 0 Å². The van der Waals surface area contributed by atoms with Crippen LogP contribution in [0.4, 0.5) is 10.7 Å². The number of carbonyl (C=O) groups is 3. The Balaban J connectivity index is 1.32. The van der Waals surface area contributed by atoms with Crippen LogP contribution in [-0.2, 0) is 28.8 Å². The molecule has 0 unspecified atom stereocenters. The number of hydrogen-bond donors (Lipinski definition) is 2. The molecule has 4 rings (SSSR count). The van der Waals surface area contributed by atoms with Crippen molar-refractivity contribution in [1.82, 2.24) is 0 Å². The monoisotopic (exact) mass is 548 g/mol. The number of aryl methyl sites for hydroxylation is 1. The highest BCUT2D eigenvalue weighted by Gasteiger charge is 2.29. The van der Waals surface area contributed by atoms with Gasteiger partial charge in [0.05, 0.1) is 12.2 Å². The molecule has 0 radical (unpaired) electrons. The molecule has 7 nitrogen and oxygen atoms in total. The van der Waals surface area contributed by atoms with Gasteiger partial charge in [0.15, 0.2) is 6.61 Å². The Hall–Kier alpha value is -3.65. The van der Waals surface area contributed by atoms with Crippen LogP contribution in [0.2, 0.25) is 0 Å². The average Bonchev–Trinajstić information content (AvgIpc) is 3.28. The third-order valence-electron chi connectivity index (χ3n) is 6.76. The van der Waals surface area contributed by atoms with Crippen molar-refractivity contribution in [2.75, 3.05) is 23.8 Å². The van der Waals surface area contributed by atoms with Gasteiger partial charge >= 0.3 is 5.97 Å². The lowest BCUT2D eigenvalue weighted by Gasteiger charge is -2.18. The summed E-state index contributed by atoms with van der Waals surface area (Å²) in [5.74, 6) is 0.0210. The van der Waals surface area contributed by atoms with Crippen LogP contribution < -0.4 is 15.4 Å². The normalized spacial score (nSPS) is 14.3. The minimum Gasteiger partial charge on any atom is -0.484 e. The maximum absolute atomic E-state index is 12.7. The number of fused-ring (bicyclic) bond motifs is 1. The van der Waals surface area contributed by atoms with E-state index in [2.05, 4.69) is 24.5 Å². The Bertz CT molecular complexity index is 1300. The second-order valence-electron chi connectivity index (χ2n) is 9.89. The zero-order valence-electron chi connectivity index (χ0n) is 22.8. The van der Waals surface area contributed by atoms with E-state index in [1.807, 2.05) is 24.3 Å². The maximum atomic E-state index is 12.7. The number of nitrogens with one attached hydrogen (secondary N) is 2. The van der Waals surface area contributed by atoms with Crippen LogP contribution in [0.15, 0.2) is 48.5 Å². The Morgan fingerprint density at radius 1 is 1.00 bits per heavy atom. The third-order valence-corrected chi connectivity index (χ3v) is 7.93. The smallest absolute Gasteiger partial charge is 0.341 e. The van der Waals surface area contributed by atoms with Crippen LogP contribution in [0.1, 0.15) is 76.8 Å². The Kier molecular flexibility index (Phi) is 9.76. The highest BCUT2D eigenvalue weighted by Crippen LogP contribution is 2.40. The standard InChI is InChI=1S/C31H36N2O5S/c1-4-6-7-21-9-13-23(14-10-21)32-29(35)22-11-15-24(16-12-22)38-19-27(34)33-30-28(31(36)37-5-2)25-17-8-20(3)18-26(25)39-30/h9-16,20H,4-8,17-19H2,1-3H3,(H,32,35)(H,33,34)/t20-/m0/s1. The minimum absolute atomic E-state index is 0.219. The first kappa shape index (κ1) is 28.4. The first-order chi connectivity index (χ1) is 18.9. The fourth-order valence-electron chi connectivity index (χ4n) is 4.61. The highest BCUT2D eigenvalue weighted by molar-refractivity contribution is 7.17. The molecule has 1 heterocycles. The minimum atomic E-state index is -0.401. The van der Waals surface area contributed by atoms with Gasteiger partial charge in [-0.25, -0.2) is 4.79 Å². The second kappa shape index (κ2) is 13.4. The molecule has 2 N–H and O–H groups in total. The number of ether oxygens (including phenoxy) is 2. The largest absolute Gasteiger partial charge is 0.484 e. The molecule has 0 spiro atoms. The van der Waals surface area contributed by atoms with E-state index in [-0.39, 0.29) is 25.0 Å². The molecule has 206 valence electrons. The summed E-state index contributed by atoms with van der Waals surface area (Å²) in [4.78, 5) is 39.1. The summed E-state index contributed by atoms with van der Waals surface area (Å²) in [6, 6.07) is 14.5. The summed E-state index contributed by atoms with van der Waals surface area (Å²) in [6.07, 6.45) is 6.03. The summed E-state index contributed by atoms with van der Waals surface area (Å²) in [7, 11) is 0. The van der Waals surface area contributed by atoms with E-state index in [1.165, 1.54) is 16.9 Å². The van der Waals surface area contributed by atoms with Crippen molar-refractivity contribution in [3.05, 3.63) is 75.7 Å². The van der Waals surface area contributed by atoms with Gasteiger partial charge in [-0.1, -0.05) is 32.4 Å². The number of benzene rings is 2. The quantitative estimate of drug-likeness (QED) is 0.261. The molecule has 0 saturated heterocycles. The first-order valence-electron chi connectivity index (χ1n) is 13.6. The van der Waals surface area contributed by atoms with Crippen molar-refractivity contribution in [2.24, 2.45) is 5.92 Å². The van der Waals surface area contributed by atoms with Crippen LogP contribution >= 0.6 is 11.3 Å². The van der Waals surface area contributed by atoms with E-state index >= 15 is 0 Å². The number of rotatable bonds is 11. The SMILES string of the molecule is CCCCc1ccc(NC(=O)c2ccc(OCC(=O)Nc3sc4c(c3C(=O)OCC)CC[C@H](C)C4)cc2)cc1. The average molecular weight is 549 g/mol. The number of unbranched alkanes of at least 4 members (excludes halogenated alkanes) is 1. The summed E-state index contributed by atoms with van der Waals surface area (Å²) in [5, 5.41) is 6.28. The summed E-state index contributed by atoms with van der Waals surface area (Å²) in [5.41, 5.74) is 3.95. The van der Waals surface area contributed by atoms with Crippen LogP contribution in [0.3, 0.4) is 0 Å². The molecule has 0 fully saturated rings. The first-order valence-corrected chi connectivity index (χ1v) is 14.4. The van der Waals surface area contributed by atoms with Crippen LogP contribution in [0, 0.1) is 5.92 Å². The molecule has 1 aliphatic rings. The highest BCUT2D eigenvalue weighted by atomic mass is 32.1. The molecule has 1 atom stereocenters. The van der Waals surface area contributed by atoms with Crippen molar-refractivity contribution in [3.8, 4) is 5.75 Å². The fraction of sp³-hybridized carbons (Fsp3) is 0.387. The van der Waals surface area contributed by atoms with E-state index in [0.717, 1.165) is 54.7 Å². The van der Waals surface area contributed by atoms with E-state index in [9.17, 15) is 14.4 Å². The van der Waals surface area contributed by atoms with Gasteiger partial charge in [0.1, 0.15) is 10.8 Å². The van der Waals surface area contributed by atoms with Gasteiger partial charge in [-0.15, -0.1) is 11.3 Å².